The molecule has 1 aromatic heterocycles. The molecule has 4 rings (SSSR count). The zero-order valence-electron chi connectivity index (χ0n) is 18.0. The standard InChI is InChI=1S/C22H27FN6O3/c1-31-16-4-5-17-19(14-16)32-13-12-28(21(17)30)7-3-2-6-27-8-10-29(11-9-27)22-25-15-18(23)20(24)26-22/h4-5,12-15H,2-3,6-11H2,1H3,(H2,24,25,26). The number of amides is 1. The third kappa shape index (κ3) is 4.91. The summed E-state index contributed by atoms with van der Waals surface area (Å²) in [5.74, 6) is 0.811. The third-order valence-corrected chi connectivity index (χ3v) is 5.65. The average Bonchev–Trinajstić information content (AvgIpc) is 2.97. The maximum Gasteiger partial charge on any atom is 0.261 e. The van der Waals surface area contributed by atoms with Crippen LogP contribution < -0.4 is 20.1 Å². The number of anilines is 2. The molecule has 170 valence electrons. The van der Waals surface area contributed by atoms with Crippen LogP contribution in [0.25, 0.3) is 0 Å². The zero-order valence-corrected chi connectivity index (χ0v) is 18.0. The number of rotatable bonds is 7. The smallest absolute Gasteiger partial charge is 0.261 e. The highest BCUT2D eigenvalue weighted by molar-refractivity contribution is 5.98. The van der Waals surface area contributed by atoms with Crippen molar-refractivity contribution in [2.75, 3.05) is 57.0 Å². The monoisotopic (exact) mass is 442 g/mol. The van der Waals surface area contributed by atoms with Gasteiger partial charge in [0, 0.05) is 45.0 Å². The van der Waals surface area contributed by atoms with Crippen LogP contribution in [-0.4, -0.2) is 72.1 Å². The van der Waals surface area contributed by atoms with Gasteiger partial charge in [-0.3, -0.25) is 9.69 Å². The normalized spacial score (nSPS) is 16.5. The first-order valence-corrected chi connectivity index (χ1v) is 10.6. The van der Waals surface area contributed by atoms with Gasteiger partial charge in [-0.2, -0.15) is 4.98 Å². The number of hydrogen-bond donors (Lipinski definition) is 1. The number of unbranched alkanes of at least 4 members (excludes halogenated alkanes) is 1. The van der Waals surface area contributed by atoms with Crippen LogP contribution in [0.3, 0.4) is 0 Å². The molecule has 0 spiro atoms. The number of ether oxygens (including phenoxy) is 2. The van der Waals surface area contributed by atoms with Crippen LogP contribution in [0.5, 0.6) is 11.5 Å². The number of piperazine rings is 1. The molecule has 1 fully saturated rings. The lowest BCUT2D eigenvalue weighted by Crippen LogP contribution is -2.47. The average molecular weight is 442 g/mol. The van der Waals surface area contributed by atoms with Crippen LogP contribution in [0.1, 0.15) is 23.2 Å². The number of nitrogens with zero attached hydrogens (tertiary/aromatic N) is 5. The number of carbonyl (C=O) groups is 1. The summed E-state index contributed by atoms with van der Waals surface area (Å²) in [5.41, 5.74) is 6.07. The summed E-state index contributed by atoms with van der Waals surface area (Å²) in [7, 11) is 1.58. The molecule has 1 saturated heterocycles. The number of hydrogen-bond acceptors (Lipinski definition) is 8. The Hall–Kier alpha value is -3.40. The van der Waals surface area contributed by atoms with Crippen LogP contribution in [0.2, 0.25) is 0 Å². The van der Waals surface area contributed by atoms with Crippen molar-refractivity contribution in [2.45, 2.75) is 12.8 Å². The van der Waals surface area contributed by atoms with Crippen molar-refractivity contribution in [2.24, 2.45) is 0 Å². The van der Waals surface area contributed by atoms with Gasteiger partial charge in [0.05, 0.1) is 18.9 Å². The summed E-state index contributed by atoms with van der Waals surface area (Å²) in [4.78, 5) is 27.0. The fourth-order valence-corrected chi connectivity index (χ4v) is 3.79. The number of methoxy groups -OCH3 is 1. The van der Waals surface area contributed by atoms with Gasteiger partial charge < -0.3 is 25.0 Å². The fourth-order valence-electron chi connectivity index (χ4n) is 3.79. The Bertz CT molecular complexity index is 994. The number of aromatic nitrogens is 2. The SMILES string of the molecule is COc1ccc2c(c1)OC=CN(CCCCN1CCN(c3ncc(F)c(N)n3)CC1)C2=O. The van der Waals surface area contributed by atoms with Gasteiger partial charge in [-0.1, -0.05) is 0 Å². The van der Waals surface area contributed by atoms with Crippen LogP contribution in [0, 0.1) is 5.82 Å². The minimum atomic E-state index is -0.597. The van der Waals surface area contributed by atoms with E-state index in [9.17, 15) is 9.18 Å². The Labute approximate surface area is 186 Å². The Morgan fingerprint density at radius 2 is 1.97 bits per heavy atom. The Balaban J connectivity index is 1.22. The van der Waals surface area contributed by atoms with Crippen LogP contribution in [-0.2, 0) is 0 Å². The summed E-state index contributed by atoms with van der Waals surface area (Å²) in [6, 6.07) is 5.20. The molecule has 0 saturated carbocycles. The fraction of sp³-hybridized carbons (Fsp3) is 0.409. The molecule has 9 nitrogen and oxygen atoms in total. The first-order valence-electron chi connectivity index (χ1n) is 10.6. The lowest BCUT2D eigenvalue weighted by atomic mass is 10.1. The quantitative estimate of drug-likeness (QED) is 0.652. The highest BCUT2D eigenvalue weighted by Crippen LogP contribution is 2.28. The summed E-state index contributed by atoms with van der Waals surface area (Å²) >= 11 is 0. The third-order valence-electron chi connectivity index (χ3n) is 5.65. The molecule has 0 aliphatic carbocycles. The number of carbonyl (C=O) groups excluding carboxylic acids is 1. The van der Waals surface area contributed by atoms with Crippen molar-refractivity contribution in [3.8, 4) is 11.5 Å². The first kappa shape index (κ1) is 21.8. The summed E-state index contributed by atoms with van der Waals surface area (Å²) in [6.45, 7) is 4.81. The summed E-state index contributed by atoms with van der Waals surface area (Å²) in [5, 5.41) is 0. The molecule has 0 bridgehead atoms. The van der Waals surface area contributed by atoms with Gasteiger partial charge in [-0.05, 0) is 31.5 Å². The maximum atomic E-state index is 13.3. The van der Waals surface area contributed by atoms with Gasteiger partial charge >= 0.3 is 0 Å². The van der Waals surface area contributed by atoms with Crippen molar-refractivity contribution in [1.29, 1.82) is 0 Å². The second kappa shape index (κ2) is 9.82. The molecular weight excluding hydrogens is 415 g/mol. The molecular formula is C22H27FN6O3. The molecule has 0 unspecified atom stereocenters. The largest absolute Gasteiger partial charge is 0.497 e. The van der Waals surface area contributed by atoms with Crippen molar-refractivity contribution >= 4 is 17.7 Å². The van der Waals surface area contributed by atoms with Crippen LogP contribution in [0.4, 0.5) is 16.2 Å². The predicted octanol–water partition coefficient (Wildman–Crippen LogP) is 2.11. The topological polar surface area (TPSA) is 97.1 Å². The van der Waals surface area contributed by atoms with Crippen molar-refractivity contribution in [3.05, 3.63) is 48.2 Å². The van der Waals surface area contributed by atoms with E-state index in [1.165, 1.54) is 6.26 Å². The Kier molecular flexibility index (Phi) is 6.69. The van der Waals surface area contributed by atoms with Gasteiger partial charge in [-0.15, -0.1) is 0 Å². The van der Waals surface area contributed by atoms with E-state index in [0.717, 1.165) is 51.8 Å². The minimum Gasteiger partial charge on any atom is -0.497 e. The number of fused-ring (bicyclic) bond motifs is 1. The zero-order chi connectivity index (χ0) is 22.5. The molecule has 1 amide bonds. The van der Waals surface area contributed by atoms with Gasteiger partial charge in [-0.25, -0.2) is 9.37 Å². The highest BCUT2D eigenvalue weighted by atomic mass is 19.1. The second-order valence-electron chi connectivity index (χ2n) is 7.70. The second-order valence-corrected chi connectivity index (χ2v) is 7.70. The lowest BCUT2D eigenvalue weighted by Gasteiger charge is -2.34. The van der Waals surface area contributed by atoms with E-state index in [0.29, 0.717) is 29.6 Å². The molecule has 2 N–H and O–H groups in total. The molecule has 1 aromatic carbocycles. The lowest BCUT2D eigenvalue weighted by molar-refractivity contribution is 0.0820. The highest BCUT2D eigenvalue weighted by Gasteiger charge is 2.22. The first-order chi connectivity index (χ1) is 15.5. The van der Waals surface area contributed by atoms with E-state index in [1.54, 1.807) is 36.4 Å². The van der Waals surface area contributed by atoms with Gasteiger partial charge in [0.2, 0.25) is 5.95 Å². The van der Waals surface area contributed by atoms with E-state index in [4.69, 9.17) is 15.2 Å². The number of nitrogens with two attached hydrogens (primary N) is 1. The van der Waals surface area contributed by atoms with E-state index >= 15 is 0 Å². The van der Waals surface area contributed by atoms with Crippen molar-refractivity contribution < 1.29 is 18.7 Å². The Morgan fingerprint density at radius 3 is 2.72 bits per heavy atom. The van der Waals surface area contributed by atoms with E-state index in [2.05, 4.69) is 14.9 Å². The van der Waals surface area contributed by atoms with Gasteiger partial charge in [0.25, 0.3) is 5.91 Å². The Morgan fingerprint density at radius 1 is 1.19 bits per heavy atom. The molecule has 0 radical (unpaired) electrons. The van der Waals surface area contributed by atoms with Gasteiger partial charge in [0.15, 0.2) is 11.6 Å². The van der Waals surface area contributed by atoms with Crippen molar-refractivity contribution in [1.82, 2.24) is 19.8 Å². The van der Waals surface area contributed by atoms with Crippen LogP contribution in [0.15, 0.2) is 36.9 Å². The number of nitrogen functional groups attached to an aromatic ring is 1. The molecule has 2 aliphatic heterocycles. The molecule has 0 atom stereocenters. The summed E-state index contributed by atoms with van der Waals surface area (Å²) in [6.07, 6.45) is 6.17. The predicted molar refractivity (Wildman–Crippen MR) is 118 cm³/mol. The minimum absolute atomic E-state index is 0.0800. The molecule has 3 heterocycles. The number of halogens is 1. The van der Waals surface area contributed by atoms with E-state index in [-0.39, 0.29) is 11.7 Å². The summed E-state index contributed by atoms with van der Waals surface area (Å²) < 4.78 is 24.0. The molecule has 2 aromatic rings. The number of benzene rings is 1. The molecule has 32 heavy (non-hydrogen) atoms. The molecule has 10 heteroatoms. The van der Waals surface area contributed by atoms with Crippen LogP contribution >= 0.6 is 0 Å². The van der Waals surface area contributed by atoms with Crippen molar-refractivity contribution in [3.63, 3.8) is 0 Å². The maximum absolute atomic E-state index is 13.3. The van der Waals surface area contributed by atoms with E-state index in [1.807, 2.05) is 4.90 Å². The molecule has 2 aliphatic rings. The van der Waals surface area contributed by atoms with Gasteiger partial charge in [0.1, 0.15) is 17.8 Å². The van der Waals surface area contributed by atoms with E-state index < -0.39 is 5.82 Å².